The quantitative estimate of drug-likeness (QED) is 0.780. The predicted octanol–water partition coefficient (Wildman–Crippen LogP) is 2.92. The van der Waals surface area contributed by atoms with Crippen LogP contribution in [0.2, 0.25) is 5.04 Å². The average Bonchev–Trinajstić information content (AvgIpc) is 2.62. The normalized spacial score (nSPS) is 24.0. The van der Waals surface area contributed by atoms with Crippen molar-refractivity contribution in [2.45, 2.75) is 44.8 Å². The molecule has 0 saturated carbocycles. The Labute approximate surface area is 164 Å². The third-order valence-corrected chi connectivity index (χ3v) is 10.6. The van der Waals surface area contributed by atoms with E-state index in [1.807, 2.05) is 6.92 Å². The SMILES string of the molecule is CC(C)(C)[Si](OC[C@@H]1CNC[C@@](C)(O)C1)(c1ccccc1)c1ccccc1. The molecule has 3 rings (SSSR count). The van der Waals surface area contributed by atoms with Crippen molar-refractivity contribution >= 4 is 18.7 Å². The molecule has 2 aromatic rings. The summed E-state index contributed by atoms with van der Waals surface area (Å²) in [4.78, 5) is 0. The first-order valence-corrected chi connectivity index (χ1v) is 11.8. The Morgan fingerprint density at radius 2 is 1.56 bits per heavy atom. The summed E-state index contributed by atoms with van der Waals surface area (Å²) < 4.78 is 6.99. The molecule has 0 radical (unpaired) electrons. The number of benzene rings is 2. The Morgan fingerprint density at radius 3 is 2.00 bits per heavy atom. The zero-order chi connectivity index (χ0) is 19.5. The van der Waals surface area contributed by atoms with E-state index in [-0.39, 0.29) is 5.04 Å². The Balaban J connectivity index is 1.99. The van der Waals surface area contributed by atoms with Crippen LogP contribution in [0.4, 0.5) is 0 Å². The molecule has 0 spiro atoms. The van der Waals surface area contributed by atoms with Gasteiger partial charge in [0, 0.05) is 19.7 Å². The lowest BCUT2D eigenvalue weighted by atomic mass is 9.89. The van der Waals surface area contributed by atoms with Crippen LogP contribution < -0.4 is 15.7 Å². The van der Waals surface area contributed by atoms with Gasteiger partial charge in [-0.25, -0.2) is 0 Å². The molecule has 27 heavy (non-hydrogen) atoms. The van der Waals surface area contributed by atoms with Gasteiger partial charge in [-0.15, -0.1) is 0 Å². The Hall–Kier alpha value is -1.46. The highest BCUT2D eigenvalue weighted by atomic mass is 28.4. The molecule has 1 saturated heterocycles. The molecule has 2 atom stereocenters. The molecule has 2 aromatic carbocycles. The van der Waals surface area contributed by atoms with Crippen LogP contribution in [-0.4, -0.2) is 38.7 Å². The minimum atomic E-state index is -2.49. The molecule has 0 aliphatic carbocycles. The number of rotatable bonds is 5. The summed E-state index contributed by atoms with van der Waals surface area (Å²) in [5.41, 5.74) is -0.655. The van der Waals surface area contributed by atoms with E-state index in [0.717, 1.165) is 13.0 Å². The topological polar surface area (TPSA) is 41.5 Å². The van der Waals surface area contributed by atoms with Gasteiger partial charge in [0.25, 0.3) is 8.32 Å². The number of hydrogen-bond donors (Lipinski definition) is 2. The van der Waals surface area contributed by atoms with Crippen molar-refractivity contribution < 1.29 is 9.53 Å². The number of β-amino-alcohol motifs (C(OH)–C–C–N with tert-alkyl or cyclic N) is 1. The first-order valence-electron chi connectivity index (χ1n) is 9.93. The molecule has 1 heterocycles. The zero-order valence-corrected chi connectivity index (χ0v) is 18.0. The first kappa shape index (κ1) is 20.3. The van der Waals surface area contributed by atoms with Crippen LogP contribution in [0.15, 0.2) is 60.7 Å². The van der Waals surface area contributed by atoms with E-state index >= 15 is 0 Å². The molecular weight excluding hydrogens is 350 g/mol. The van der Waals surface area contributed by atoms with Gasteiger partial charge in [-0.05, 0) is 34.7 Å². The zero-order valence-electron chi connectivity index (χ0n) is 17.0. The molecular formula is C23H33NO2Si. The van der Waals surface area contributed by atoms with Crippen molar-refractivity contribution in [1.82, 2.24) is 5.32 Å². The second-order valence-electron chi connectivity index (χ2n) is 9.17. The standard InChI is InChI=1S/C23H33NO2Si/c1-22(2,3)27(20-11-7-5-8-12-20,21-13-9-6-10-14-21)26-17-19-15-23(4,25)18-24-16-19/h5-14,19,24-25H,15-18H2,1-4H3/t19-,23-/m0/s1. The Kier molecular flexibility index (Phi) is 5.92. The van der Waals surface area contributed by atoms with Crippen LogP contribution >= 0.6 is 0 Å². The fraction of sp³-hybridized carbons (Fsp3) is 0.478. The molecule has 4 heteroatoms. The fourth-order valence-electron chi connectivity index (χ4n) is 4.43. The van der Waals surface area contributed by atoms with E-state index < -0.39 is 13.9 Å². The molecule has 2 N–H and O–H groups in total. The van der Waals surface area contributed by atoms with Crippen LogP contribution in [0.25, 0.3) is 0 Å². The monoisotopic (exact) mass is 383 g/mol. The summed E-state index contributed by atoms with van der Waals surface area (Å²) >= 11 is 0. The lowest BCUT2D eigenvalue weighted by molar-refractivity contribution is 0.00391. The van der Waals surface area contributed by atoms with Crippen molar-refractivity contribution in [1.29, 1.82) is 0 Å². The fourth-order valence-corrected chi connectivity index (χ4v) is 9.08. The first-order chi connectivity index (χ1) is 12.7. The molecule has 1 fully saturated rings. The van der Waals surface area contributed by atoms with E-state index in [1.54, 1.807) is 0 Å². The van der Waals surface area contributed by atoms with Gasteiger partial charge in [0.15, 0.2) is 0 Å². The molecule has 0 amide bonds. The number of aliphatic hydroxyl groups is 1. The van der Waals surface area contributed by atoms with Gasteiger partial charge in [0.2, 0.25) is 0 Å². The van der Waals surface area contributed by atoms with E-state index in [2.05, 4.69) is 86.8 Å². The lowest BCUT2D eigenvalue weighted by Gasteiger charge is -2.44. The summed E-state index contributed by atoms with van der Waals surface area (Å²) in [5.74, 6) is 0.315. The van der Waals surface area contributed by atoms with Gasteiger partial charge in [-0.1, -0.05) is 81.4 Å². The number of hydrogen-bond acceptors (Lipinski definition) is 3. The van der Waals surface area contributed by atoms with Crippen molar-refractivity contribution in [2.75, 3.05) is 19.7 Å². The third-order valence-electron chi connectivity index (χ3n) is 5.62. The van der Waals surface area contributed by atoms with Crippen molar-refractivity contribution in [3.63, 3.8) is 0 Å². The minimum Gasteiger partial charge on any atom is -0.407 e. The second-order valence-corrected chi connectivity index (χ2v) is 13.5. The van der Waals surface area contributed by atoms with Crippen LogP contribution in [0.3, 0.4) is 0 Å². The van der Waals surface area contributed by atoms with Gasteiger partial charge in [-0.3, -0.25) is 0 Å². The molecule has 3 nitrogen and oxygen atoms in total. The molecule has 0 bridgehead atoms. The minimum absolute atomic E-state index is 0.0136. The van der Waals surface area contributed by atoms with Gasteiger partial charge in [0.05, 0.1) is 5.60 Å². The van der Waals surface area contributed by atoms with Crippen LogP contribution in [0.1, 0.15) is 34.1 Å². The van der Waals surface area contributed by atoms with E-state index in [9.17, 15) is 5.11 Å². The maximum atomic E-state index is 10.5. The lowest BCUT2D eigenvalue weighted by Crippen LogP contribution is -2.67. The van der Waals surface area contributed by atoms with E-state index in [0.29, 0.717) is 19.1 Å². The smallest absolute Gasteiger partial charge is 0.261 e. The highest BCUT2D eigenvalue weighted by Crippen LogP contribution is 2.37. The summed E-state index contributed by atoms with van der Waals surface area (Å²) in [6.07, 6.45) is 0.776. The van der Waals surface area contributed by atoms with Crippen molar-refractivity contribution in [3.8, 4) is 0 Å². The summed E-state index contributed by atoms with van der Waals surface area (Å²) in [5, 5.41) is 16.4. The van der Waals surface area contributed by atoms with Crippen LogP contribution in [0, 0.1) is 5.92 Å². The Morgan fingerprint density at radius 1 is 1.04 bits per heavy atom. The molecule has 0 aromatic heterocycles. The number of nitrogens with one attached hydrogen (secondary N) is 1. The molecule has 1 aliphatic heterocycles. The van der Waals surface area contributed by atoms with Crippen molar-refractivity contribution in [2.24, 2.45) is 5.92 Å². The van der Waals surface area contributed by atoms with Crippen molar-refractivity contribution in [3.05, 3.63) is 60.7 Å². The predicted molar refractivity (Wildman–Crippen MR) is 115 cm³/mol. The summed E-state index contributed by atoms with van der Waals surface area (Å²) in [7, 11) is -2.49. The van der Waals surface area contributed by atoms with Gasteiger partial charge in [0.1, 0.15) is 0 Å². The van der Waals surface area contributed by atoms with Crippen LogP contribution in [-0.2, 0) is 4.43 Å². The van der Waals surface area contributed by atoms with Gasteiger partial charge >= 0.3 is 0 Å². The second kappa shape index (κ2) is 7.88. The highest BCUT2D eigenvalue weighted by Gasteiger charge is 2.50. The highest BCUT2D eigenvalue weighted by molar-refractivity contribution is 6.99. The van der Waals surface area contributed by atoms with Crippen LogP contribution in [0.5, 0.6) is 0 Å². The molecule has 1 aliphatic rings. The van der Waals surface area contributed by atoms with Gasteiger partial charge < -0.3 is 14.8 Å². The molecule has 0 unspecified atom stereocenters. The molecule has 146 valence electrons. The summed E-state index contributed by atoms with van der Waals surface area (Å²) in [6.45, 7) is 11.0. The Bertz CT molecular complexity index is 686. The average molecular weight is 384 g/mol. The third kappa shape index (κ3) is 4.35. The number of piperidine rings is 1. The maximum Gasteiger partial charge on any atom is 0.261 e. The van der Waals surface area contributed by atoms with E-state index in [4.69, 9.17) is 4.43 Å². The maximum absolute atomic E-state index is 10.5. The summed E-state index contributed by atoms with van der Waals surface area (Å²) in [6, 6.07) is 21.5. The largest absolute Gasteiger partial charge is 0.407 e. The van der Waals surface area contributed by atoms with E-state index in [1.165, 1.54) is 10.4 Å². The van der Waals surface area contributed by atoms with Gasteiger partial charge in [-0.2, -0.15) is 0 Å².